The van der Waals surface area contributed by atoms with Crippen LogP contribution in [0.4, 0.5) is 0 Å². The SMILES string of the molecule is NC(=O)c1c(-c2nc3c(s2)C(=O)CCC3)ccc2c1Cc1ccccc1S2. The van der Waals surface area contributed by atoms with Crippen LogP contribution in [-0.2, 0) is 12.8 Å². The number of nitrogens with two attached hydrogens (primary N) is 1. The molecule has 2 aromatic carbocycles. The van der Waals surface area contributed by atoms with Gasteiger partial charge in [0.05, 0.1) is 16.1 Å². The van der Waals surface area contributed by atoms with Gasteiger partial charge in [0, 0.05) is 28.2 Å². The monoisotopic (exact) mass is 392 g/mol. The van der Waals surface area contributed by atoms with Gasteiger partial charge >= 0.3 is 0 Å². The summed E-state index contributed by atoms with van der Waals surface area (Å²) in [5.74, 6) is -0.288. The minimum atomic E-state index is -0.443. The Morgan fingerprint density at radius 2 is 1.93 bits per heavy atom. The van der Waals surface area contributed by atoms with Crippen molar-refractivity contribution in [1.29, 1.82) is 0 Å². The first-order valence-corrected chi connectivity index (χ1v) is 10.5. The second-order valence-corrected chi connectivity index (χ2v) is 8.87. The van der Waals surface area contributed by atoms with Crippen LogP contribution in [-0.4, -0.2) is 16.7 Å². The lowest BCUT2D eigenvalue weighted by Gasteiger charge is -2.22. The molecule has 0 atom stereocenters. The van der Waals surface area contributed by atoms with Crippen LogP contribution in [0.15, 0.2) is 46.2 Å². The number of carbonyl (C=O) groups excluding carboxylic acids is 2. The van der Waals surface area contributed by atoms with E-state index in [0.29, 0.717) is 18.4 Å². The van der Waals surface area contributed by atoms with Gasteiger partial charge in [-0.2, -0.15) is 0 Å². The fourth-order valence-electron chi connectivity index (χ4n) is 3.80. The van der Waals surface area contributed by atoms with Crippen molar-refractivity contribution >= 4 is 34.8 Å². The largest absolute Gasteiger partial charge is 0.366 e. The zero-order valence-electron chi connectivity index (χ0n) is 14.5. The molecule has 134 valence electrons. The summed E-state index contributed by atoms with van der Waals surface area (Å²) < 4.78 is 0. The quantitative estimate of drug-likeness (QED) is 0.546. The van der Waals surface area contributed by atoms with Gasteiger partial charge in [0.1, 0.15) is 5.01 Å². The number of aromatic nitrogens is 1. The number of ketones is 1. The lowest BCUT2D eigenvalue weighted by Crippen LogP contribution is -2.17. The summed E-state index contributed by atoms with van der Waals surface area (Å²) in [5.41, 5.74) is 10.1. The molecule has 5 rings (SSSR count). The normalized spacial score (nSPS) is 15.0. The molecule has 1 aromatic heterocycles. The zero-order valence-corrected chi connectivity index (χ0v) is 16.1. The van der Waals surface area contributed by atoms with Crippen LogP contribution in [0.25, 0.3) is 10.6 Å². The van der Waals surface area contributed by atoms with Crippen LogP contribution in [0.1, 0.15) is 49.7 Å². The van der Waals surface area contributed by atoms with E-state index < -0.39 is 5.91 Å². The summed E-state index contributed by atoms with van der Waals surface area (Å²) in [4.78, 5) is 32.3. The highest BCUT2D eigenvalue weighted by Gasteiger charge is 2.28. The Balaban J connectivity index is 1.67. The molecule has 1 amide bonds. The fourth-order valence-corrected chi connectivity index (χ4v) is 6.00. The molecule has 1 aliphatic heterocycles. The van der Waals surface area contributed by atoms with Gasteiger partial charge in [-0.15, -0.1) is 11.3 Å². The van der Waals surface area contributed by atoms with Gasteiger partial charge in [0.15, 0.2) is 5.78 Å². The third-order valence-corrected chi connectivity index (χ3v) is 7.47. The van der Waals surface area contributed by atoms with Crippen molar-refractivity contribution in [1.82, 2.24) is 4.98 Å². The van der Waals surface area contributed by atoms with Crippen LogP contribution in [0.2, 0.25) is 0 Å². The lowest BCUT2D eigenvalue weighted by molar-refractivity contribution is 0.0973. The molecule has 2 N–H and O–H groups in total. The third-order valence-electron chi connectivity index (χ3n) is 5.07. The van der Waals surface area contributed by atoms with E-state index in [0.717, 1.165) is 44.4 Å². The fraction of sp³-hybridized carbons (Fsp3) is 0.190. The van der Waals surface area contributed by atoms with Gasteiger partial charge in [0.2, 0.25) is 5.91 Å². The van der Waals surface area contributed by atoms with E-state index in [1.807, 2.05) is 24.3 Å². The number of amides is 1. The average Bonchev–Trinajstić information content (AvgIpc) is 3.11. The first-order chi connectivity index (χ1) is 13.1. The van der Waals surface area contributed by atoms with E-state index in [9.17, 15) is 9.59 Å². The molecular formula is C21H16N2O2S2. The minimum Gasteiger partial charge on any atom is -0.366 e. The average molecular weight is 393 g/mol. The highest BCUT2D eigenvalue weighted by atomic mass is 32.2. The van der Waals surface area contributed by atoms with Crippen molar-refractivity contribution in [3.63, 3.8) is 0 Å². The predicted octanol–water partition coefficient (Wildman–Crippen LogP) is 4.48. The number of fused-ring (bicyclic) bond motifs is 3. The van der Waals surface area contributed by atoms with Gasteiger partial charge in [-0.25, -0.2) is 4.98 Å². The second-order valence-electron chi connectivity index (χ2n) is 6.79. The number of nitrogens with zero attached hydrogens (tertiary/aromatic N) is 1. The minimum absolute atomic E-state index is 0.156. The molecule has 2 heterocycles. The molecular weight excluding hydrogens is 376 g/mol. The van der Waals surface area contributed by atoms with Crippen LogP contribution in [0.3, 0.4) is 0 Å². The first-order valence-electron chi connectivity index (χ1n) is 8.86. The summed E-state index contributed by atoms with van der Waals surface area (Å²) in [6.07, 6.45) is 2.91. The number of rotatable bonds is 2. The molecule has 27 heavy (non-hydrogen) atoms. The molecule has 0 saturated heterocycles. The molecule has 4 nitrogen and oxygen atoms in total. The van der Waals surface area contributed by atoms with Crippen molar-refractivity contribution in [3.8, 4) is 10.6 Å². The highest BCUT2D eigenvalue weighted by Crippen LogP contribution is 2.44. The van der Waals surface area contributed by atoms with Gasteiger partial charge in [-0.05, 0) is 36.1 Å². The number of aryl methyl sites for hydroxylation is 1. The molecule has 6 heteroatoms. The van der Waals surface area contributed by atoms with E-state index in [4.69, 9.17) is 10.7 Å². The summed E-state index contributed by atoms with van der Waals surface area (Å²) in [5, 5.41) is 0.718. The molecule has 0 unspecified atom stereocenters. The Kier molecular flexibility index (Phi) is 3.91. The highest BCUT2D eigenvalue weighted by molar-refractivity contribution is 7.99. The first kappa shape index (κ1) is 16.7. The molecule has 0 fully saturated rings. The van der Waals surface area contributed by atoms with Gasteiger partial charge in [-0.3, -0.25) is 9.59 Å². The molecule has 0 saturated carbocycles. The van der Waals surface area contributed by atoms with E-state index >= 15 is 0 Å². The molecule has 2 aliphatic rings. The Morgan fingerprint density at radius 3 is 2.74 bits per heavy atom. The molecule has 0 radical (unpaired) electrons. The molecule has 0 bridgehead atoms. The van der Waals surface area contributed by atoms with Crippen molar-refractivity contribution in [3.05, 3.63) is 63.7 Å². The maximum atomic E-state index is 12.4. The van der Waals surface area contributed by atoms with Crippen molar-refractivity contribution < 1.29 is 9.59 Å². The van der Waals surface area contributed by atoms with Crippen LogP contribution >= 0.6 is 23.1 Å². The van der Waals surface area contributed by atoms with E-state index in [1.54, 1.807) is 11.8 Å². The van der Waals surface area contributed by atoms with Crippen molar-refractivity contribution in [2.75, 3.05) is 0 Å². The number of hydrogen-bond acceptors (Lipinski definition) is 5. The van der Waals surface area contributed by atoms with Crippen LogP contribution < -0.4 is 5.73 Å². The standard InChI is InChI=1S/C21H16N2O2S2/c22-20(25)18-12(21-23-14-5-3-6-15(24)19(14)27-21)8-9-17-13(18)10-11-4-1-2-7-16(11)26-17/h1-2,4,7-9H,3,5-6,10H2,(H2,22,25). The number of benzene rings is 2. The summed E-state index contributed by atoms with van der Waals surface area (Å²) >= 11 is 3.06. The Morgan fingerprint density at radius 1 is 1.07 bits per heavy atom. The number of thiazole rings is 1. The summed E-state index contributed by atoms with van der Waals surface area (Å²) in [6.45, 7) is 0. The number of carbonyl (C=O) groups is 2. The number of hydrogen-bond donors (Lipinski definition) is 1. The molecule has 0 spiro atoms. The Bertz CT molecular complexity index is 1120. The smallest absolute Gasteiger partial charge is 0.249 e. The zero-order chi connectivity index (χ0) is 18.5. The van der Waals surface area contributed by atoms with Crippen LogP contribution in [0, 0.1) is 0 Å². The number of Topliss-reactive ketones (excluding diaryl/α,β-unsaturated/α-hetero) is 1. The predicted molar refractivity (Wildman–Crippen MR) is 107 cm³/mol. The lowest BCUT2D eigenvalue weighted by atomic mass is 9.94. The Hall–Kier alpha value is -2.44. The van der Waals surface area contributed by atoms with Crippen molar-refractivity contribution in [2.24, 2.45) is 5.73 Å². The maximum absolute atomic E-state index is 12.4. The van der Waals surface area contributed by atoms with Gasteiger partial charge < -0.3 is 5.73 Å². The maximum Gasteiger partial charge on any atom is 0.249 e. The molecule has 1 aliphatic carbocycles. The summed E-state index contributed by atoms with van der Waals surface area (Å²) in [6, 6.07) is 12.2. The van der Waals surface area contributed by atoms with Crippen molar-refractivity contribution in [2.45, 2.75) is 35.5 Å². The number of primary amides is 1. The molecule has 3 aromatic rings. The summed E-state index contributed by atoms with van der Waals surface area (Å²) in [7, 11) is 0. The van der Waals surface area contributed by atoms with Crippen LogP contribution in [0.5, 0.6) is 0 Å². The van der Waals surface area contributed by atoms with Gasteiger partial charge in [0.25, 0.3) is 0 Å². The van der Waals surface area contributed by atoms with E-state index in [-0.39, 0.29) is 5.78 Å². The van der Waals surface area contributed by atoms with E-state index in [1.165, 1.54) is 21.8 Å². The third kappa shape index (κ3) is 2.71. The van der Waals surface area contributed by atoms with E-state index in [2.05, 4.69) is 12.1 Å². The Labute approximate surface area is 164 Å². The topological polar surface area (TPSA) is 73.1 Å². The second kappa shape index (κ2) is 6.32. The van der Waals surface area contributed by atoms with Gasteiger partial charge in [-0.1, -0.05) is 36.0 Å².